The van der Waals surface area contributed by atoms with Gasteiger partial charge in [-0.1, -0.05) is 164 Å². The average molecular weight is 824 g/mol. The summed E-state index contributed by atoms with van der Waals surface area (Å²) in [5, 5.41) is 6.30. The molecule has 0 aliphatic heterocycles. The first-order valence-electron chi connectivity index (χ1n) is 21.3. The molecule has 4 aromatic heterocycles. The molecule has 0 saturated heterocycles. The van der Waals surface area contributed by atoms with Gasteiger partial charge in [0, 0.05) is 54.7 Å². The van der Waals surface area contributed by atoms with Crippen LogP contribution in [0.4, 0.5) is 4.39 Å². The lowest BCUT2D eigenvalue weighted by molar-refractivity contribution is 0.628. The van der Waals surface area contributed by atoms with Gasteiger partial charge in [-0.05, 0) is 59.2 Å². The molecule has 0 amide bonds. The number of nitrogens with zero attached hydrogens (tertiary/aromatic N) is 5. The largest absolute Gasteiger partial charge is 0.455 e. The van der Waals surface area contributed by atoms with Crippen molar-refractivity contribution in [2.24, 2.45) is 0 Å². The molecule has 13 rings (SSSR count). The number of aromatic nitrogens is 5. The zero-order valence-electron chi connectivity index (χ0n) is 34.2. The molecule has 0 bridgehead atoms. The van der Waals surface area contributed by atoms with E-state index in [9.17, 15) is 4.39 Å². The fourth-order valence-electron chi connectivity index (χ4n) is 9.61. The molecule has 9 aromatic carbocycles. The molecular formula is C57H34FN5O. The Morgan fingerprint density at radius 1 is 0.375 bits per heavy atom. The van der Waals surface area contributed by atoms with Gasteiger partial charge in [0.2, 0.25) is 5.95 Å². The van der Waals surface area contributed by atoms with E-state index >= 15 is 0 Å². The van der Waals surface area contributed by atoms with Crippen molar-refractivity contribution in [1.82, 2.24) is 24.1 Å². The fourth-order valence-corrected chi connectivity index (χ4v) is 9.61. The SMILES string of the molecule is Fc1ccc(-c2cc(-n3c4ccccc4c4ccc5c6ccccc6n(-c6nc(-c7ccccc7)nc(-c7ccccc7-c7ccccc7)n6)c5c43)cc3c2oc2ccccc23)cc1. The molecule has 13 aromatic rings. The highest BCUT2D eigenvalue weighted by Crippen LogP contribution is 2.44. The van der Waals surface area contributed by atoms with E-state index in [-0.39, 0.29) is 5.82 Å². The van der Waals surface area contributed by atoms with Gasteiger partial charge < -0.3 is 8.98 Å². The number of para-hydroxylation sites is 3. The van der Waals surface area contributed by atoms with Crippen LogP contribution in [0.25, 0.3) is 122 Å². The minimum atomic E-state index is -0.293. The molecule has 64 heavy (non-hydrogen) atoms. The van der Waals surface area contributed by atoms with E-state index < -0.39 is 0 Å². The quantitative estimate of drug-likeness (QED) is 0.168. The van der Waals surface area contributed by atoms with E-state index in [1.807, 2.05) is 72.8 Å². The Morgan fingerprint density at radius 2 is 0.922 bits per heavy atom. The van der Waals surface area contributed by atoms with Crippen molar-refractivity contribution >= 4 is 65.6 Å². The first-order valence-corrected chi connectivity index (χ1v) is 21.3. The van der Waals surface area contributed by atoms with Crippen LogP contribution in [-0.4, -0.2) is 24.1 Å². The number of halogens is 1. The van der Waals surface area contributed by atoms with Gasteiger partial charge >= 0.3 is 0 Å². The molecule has 0 saturated carbocycles. The van der Waals surface area contributed by atoms with Gasteiger partial charge in [0.05, 0.1) is 22.1 Å². The van der Waals surface area contributed by atoms with Crippen LogP contribution in [0, 0.1) is 5.82 Å². The summed E-state index contributed by atoms with van der Waals surface area (Å²) >= 11 is 0. The summed E-state index contributed by atoms with van der Waals surface area (Å²) in [7, 11) is 0. The Morgan fingerprint density at radius 3 is 1.64 bits per heavy atom. The monoisotopic (exact) mass is 823 g/mol. The number of hydrogen-bond acceptors (Lipinski definition) is 4. The van der Waals surface area contributed by atoms with Crippen molar-refractivity contribution in [1.29, 1.82) is 0 Å². The Balaban J connectivity index is 1.17. The summed E-state index contributed by atoms with van der Waals surface area (Å²) in [6.07, 6.45) is 0. The summed E-state index contributed by atoms with van der Waals surface area (Å²) in [6, 6.07) is 69.5. The van der Waals surface area contributed by atoms with Crippen LogP contribution in [0.2, 0.25) is 0 Å². The lowest BCUT2D eigenvalue weighted by Gasteiger charge is -2.15. The van der Waals surface area contributed by atoms with Crippen molar-refractivity contribution in [2.75, 3.05) is 0 Å². The maximum atomic E-state index is 14.4. The summed E-state index contributed by atoms with van der Waals surface area (Å²) in [5.74, 6) is 1.36. The third kappa shape index (κ3) is 5.54. The molecule has 6 nitrogen and oxygen atoms in total. The molecule has 0 fully saturated rings. The van der Waals surface area contributed by atoms with Crippen LogP contribution >= 0.6 is 0 Å². The van der Waals surface area contributed by atoms with Crippen LogP contribution in [0.1, 0.15) is 0 Å². The number of benzene rings is 9. The second-order valence-electron chi connectivity index (χ2n) is 16.1. The third-order valence-corrected chi connectivity index (χ3v) is 12.5. The highest BCUT2D eigenvalue weighted by Gasteiger charge is 2.25. The number of furan rings is 1. The van der Waals surface area contributed by atoms with Gasteiger partial charge in [-0.3, -0.25) is 4.57 Å². The van der Waals surface area contributed by atoms with Gasteiger partial charge in [-0.25, -0.2) is 9.37 Å². The van der Waals surface area contributed by atoms with Crippen molar-refractivity contribution < 1.29 is 8.81 Å². The minimum Gasteiger partial charge on any atom is -0.455 e. The van der Waals surface area contributed by atoms with E-state index in [0.29, 0.717) is 17.6 Å². The lowest BCUT2D eigenvalue weighted by atomic mass is 9.99. The number of hydrogen-bond donors (Lipinski definition) is 0. The molecular weight excluding hydrogens is 790 g/mol. The van der Waals surface area contributed by atoms with E-state index in [4.69, 9.17) is 19.4 Å². The lowest BCUT2D eigenvalue weighted by Crippen LogP contribution is -2.07. The van der Waals surface area contributed by atoms with E-state index in [1.54, 1.807) is 0 Å². The highest BCUT2D eigenvalue weighted by atomic mass is 19.1. The third-order valence-electron chi connectivity index (χ3n) is 12.5. The maximum absolute atomic E-state index is 14.4. The van der Waals surface area contributed by atoms with Crippen LogP contribution in [0.15, 0.2) is 211 Å². The van der Waals surface area contributed by atoms with Crippen LogP contribution < -0.4 is 0 Å². The predicted molar refractivity (Wildman–Crippen MR) is 257 cm³/mol. The van der Waals surface area contributed by atoms with Gasteiger partial charge in [-0.2, -0.15) is 9.97 Å². The topological polar surface area (TPSA) is 61.7 Å². The molecule has 0 radical (unpaired) electrons. The molecule has 0 atom stereocenters. The fraction of sp³-hybridized carbons (Fsp3) is 0. The van der Waals surface area contributed by atoms with Gasteiger partial charge in [0.1, 0.15) is 17.0 Å². The maximum Gasteiger partial charge on any atom is 0.238 e. The Hall–Kier alpha value is -8.68. The number of rotatable bonds is 6. The standard InChI is InChI=1S/C57H34FN5O/c58-38-29-27-36(28-30-38)47-33-39(34-48-43-22-11-14-26-51(43)64-54(47)48)62-49-24-12-9-20-41(49)44-31-32-45-42-21-10-13-25-50(42)63(53(45)52(44)62)57-60-55(37-17-5-2-6-18-37)59-56(61-57)46-23-8-7-19-40(46)35-15-3-1-4-16-35/h1-34H. The second-order valence-corrected chi connectivity index (χ2v) is 16.1. The zero-order valence-corrected chi connectivity index (χ0v) is 34.2. The van der Waals surface area contributed by atoms with Crippen molar-refractivity contribution in [2.45, 2.75) is 0 Å². The highest BCUT2D eigenvalue weighted by molar-refractivity contribution is 6.24. The normalized spacial score (nSPS) is 11.8. The Labute approximate surface area is 365 Å². The minimum absolute atomic E-state index is 0.293. The number of fused-ring (bicyclic) bond motifs is 10. The molecule has 0 spiro atoms. The zero-order chi connectivity index (χ0) is 42.3. The molecule has 0 aliphatic carbocycles. The van der Waals surface area contributed by atoms with Crippen LogP contribution in [0.3, 0.4) is 0 Å². The van der Waals surface area contributed by atoms with Crippen molar-refractivity contribution in [3.05, 3.63) is 212 Å². The average Bonchev–Trinajstić information content (AvgIpc) is 4.02. The predicted octanol–water partition coefficient (Wildman–Crippen LogP) is 14.8. The summed E-state index contributed by atoms with van der Waals surface area (Å²) in [5.41, 5.74) is 12.1. The second kappa shape index (κ2) is 14.2. The smallest absolute Gasteiger partial charge is 0.238 e. The van der Waals surface area contributed by atoms with Crippen molar-refractivity contribution in [3.8, 4) is 56.7 Å². The Bertz CT molecular complexity index is 3960. The Kier molecular flexibility index (Phi) is 7.99. The summed E-state index contributed by atoms with van der Waals surface area (Å²) in [4.78, 5) is 16.0. The molecule has 0 unspecified atom stereocenters. The summed E-state index contributed by atoms with van der Waals surface area (Å²) < 4.78 is 25.6. The van der Waals surface area contributed by atoms with E-state index in [0.717, 1.165) is 105 Å². The first kappa shape index (κ1) is 36.0. The van der Waals surface area contributed by atoms with Crippen molar-refractivity contribution in [3.63, 3.8) is 0 Å². The van der Waals surface area contributed by atoms with Crippen LogP contribution in [0.5, 0.6) is 0 Å². The molecule has 7 heteroatoms. The van der Waals surface area contributed by atoms with Gasteiger partial charge in [0.25, 0.3) is 0 Å². The first-order chi connectivity index (χ1) is 31.7. The van der Waals surface area contributed by atoms with Gasteiger partial charge in [0.15, 0.2) is 11.6 Å². The van der Waals surface area contributed by atoms with E-state index in [1.165, 1.54) is 12.1 Å². The van der Waals surface area contributed by atoms with Crippen LogP contribution in [-0.2, 0) is 0 Å². The van der Waals surface area contributed by atoms with Gasteiger partial charge in [-0.15, -0.1) is 0 Å². The molecule has 0 aliphatic rings. The summed E-state index contributed by atoms with van der Waals surface area (Å²) in [6.45, 7) is 0. The molecule has 300 valence electrons. The molecule has 0 N–H and O–H groups in total. The molecule has 4 heterocycles. The van der Waals surface area contributed by atoms with E-state index in [2.05, 4.69) is 130 Å².